The Kier molecular flexibility index (Phi) is 4.72. The summed E-state index contributed by atoms with van der Waals surface area (Å²) in [7, 11) is 0. The van der Waals surface area contributed by atoms with E-state index in [0.29, 0.717) is 19.4 Å². The first-order chi connectivity index (χ1) is 10.3. The van der Waals surface area contributed by atoms with Gasteiger partial charge in [-0.1, -0.05) is 13.8 Å². The number of nitrogens with two attached hydrogens (primary N) is 1. The molecule has 2 rings (SSSR count). The monoisotopic (exact) mass is 313 g/mol. The minimum absolute atomic E-state index is 0.0543. The molecule has 2 aliphatic heterocycles. The van der Waals surface area contributed by atoms with Gasteiger partial charge in [0.2, 0.25) is 5.91 Å². The van der Waals surface area contributed by atoms with Gasteiger partial charge >= 0.3 is 0 Å². The highest BCUT2D eigenvalue weighted by Crippen LogP contribution is 2.39. The minimum atomic E-state index is -1.25. The van der Waals surface area contributed by atoms with E-state index in [1.165, 1.54) is 0 Å². The van der Waals surface area contributed by atoms with E-state index in [1.807, 2.05) is 0 Å². The van der Waals surface area contributed by atoms with Crippen LogP contribution in [0.15, 0.2) is 0 Å². The Morgan fingerprint density at radius 1 is 1.36 bits per heavy atom. The molecule has 8 nitrogen and oxygen atoms in total. The van der Waals surface area contributed by atoms with E-state index in [1.54, 1.807) is 18.7 Å². The molecule has 0 saturated carbocycles. The Labute approximate surface area is 129 Å². The van der Waals surface area contributed by atoms with Gasteiger partial charge in [-0.3, -0.25) is 19.2 Å². The number of aliphatic hydroxyl groups excluding tert-OH is 1. The topological polar surface area (TPSA) is 113 Å². The smallest absolute Gasteiger partial charge is 0.272 e. The number of hydroxylamine groups is 2. The van der Waals surface area contributed by atoms with Crippen LogP contribution in [0.1, 0.15) is 33.1 Å². The van der Waals surface area contributed by atoms with Gasteiger partial charge < -0.3 is 15.7 Å². The van der Waals surface area contributed by atoms with E-state index in [9.17, 15) is 14.4 Å². The lowest BCUT2D eigenvalue weighted by atomic mass is 9.93. The first kappa shape index (κ1) is 16.7. The maximum absolute atomic E-state index is 12.7. The first-order valence-corrected chi connectivity index (χ1v) is 7.54. The quantitative estimate of drug-likeness (QED) is 0.677. The molecule has 0 aromatic rings. The summed E-state index contributed by atoms with van der Waals surface area (Å²) < 4.78 is 0. The largest absolute Gasteiger partial charge is 0.393 e. The summed E-state index contributed by atoms with van der Waals surface area (Å²) in [5, 5.41) is 10.2. The van der Waals surface area contributed by atoms with Crippen LogP contribution in [0.4, 0.5) is 0 Å². The van der Waals surface area contributed by atoms with E-state index < -0.39 is 24.2 Å². The number of carbonyl (C=O) groups is 3. The predicted octanol–water partition coefficient (Wildman–Crippen LogP) is -0.986. The fourth-order valence-electron chi connectivity index (χ4n) is 3.15. The summed E-state index contributed by atoms with van der Waals surface area (Å²) in [6.45, 7) is 3.83. The molecule has 2 heterocycles. The second-order valence-corrected chi connectivity index (χ2v) is 6.12. The fourth-order valence-corrected chi connectivity index (χ4v) is 3.15. The lowest BCUT2D eigenvalue weighted by Gasteiger charge is -2.34. The molecule has 1 spiro atoms. The molecule has 2 aliphatic rings. The summed E-state index contributed by atoms with van der Waals surface area (Å²) in [5.41, 5.74) is 4.23. The highest BCUT2D eigenvalue weighted by Gasteiger charge is 2.56. The number of hydrogen-bond donors (Lipinski definition) is 2. The van der Waals surface area contributed by atoms with Crippen molar-refractivity contribution in [3.05, 3.63) is 0 Å². The number of amides is 3. The summed E-state index contributed by atoms with van der Waals surface area (Å²) in [5.74, 6) is -1.41. The SMILES string of the molecule is CC(C)C(=O)N1CCCC12CCN(OC(CO)C(N)=O)C2=O. The molecule has 3 amide bonds. The van der Waals surface area contributed by atoms with Crippen molar-refractivity contribution in [3.63, 3.8) is 0 Å². The molecule has 2 atom stereocenters. The summed E-state index contributed by atoms with van der Waals surface area (Å²) in [6.07, 6.45) is 0.554. The Hall–Kier alpha value is -1.67. The zero-order valence-electron chi connectivity index (χ0n) is 12.9. The maximum Gasteiger partial charge on any atom is 0.272 e. The third-order valence-corrected chi connectivity index (χ3v) is 4.34. The van der Waals surface area contributed by atoms with Crippen molar-refractivity contribution in [2.24, 2.45) is 11.7 Å². The van der Waals surface area contributed by atoms with Gasteiger partial charge in [-0.15, -0.1) is 0 Å². The zero-order valence-corrected chi connectivity index (χ0v) is 12.9. The molecule has 2 saturated heterocycles. The number of primary amides is 1. The van der Waals surface area contributed by atoms with E-state index >= 15 is 0 Å². The number of rotatable bonds is 5. The van der Waals surface area contributed by atoms with E-state index in [-0.39, 0.29) is 24.3 Å². The van der Waals surface area contributed by atoms with Crippen LogP contribution < -0.4 is 5.73 Å². The van der Waals surface area contributed by atoms with Crippen LogP contribution in [-0.4, -0.2) is 64.1 Å². The maximum atomic E-state index is 12.7. The van der Waals surface area contributed by atoms with E-state index in [0.717, 1.165) is 11.5 Å². The van der Waals surface area contributed by atoms with Gasteiger partial charge in [-0.05, 0) is 19.3 Å². The summed E-state index contributed by atoms with van der Waals surface area (Å²) >= 11 is 0. The van der Waals surface area contributed by atoms with Crippen molar-refractivity contribution in [1.29, 1.82) is 0 Å². The number of hydrogen-bond acceptors (Lipinski definition) is 5. The highest BCUT2D eigenvalue weighted by molar-refractivity contribution is 5.93. The van der Waals surface area contributed by atoms with Crippen molar-refractivity contribution in [3.8, 4) is 0 Å². The molecule has 0 radical (unpaired) electrons. The average molecular weight is 313 g/mol. The van der Waals surface area contributed by atoms with E-state index in [4.69, 9.17) is 15.7 Å². The van der Waals surface area contributed by atoms with E-state index in [2.05, 4.69) is 0 Å². The zero-order chi connectivity index (χ0) is 16.5. The van der Waals surface area contributed by atoms with Crippen LogP contribution in [0, 0.1) is 5.92 Å². The summed E-state index contributed by atoms with van der Waals surface area (Å²) in [6, 6.07) is 0. The van der Waals surface area contributed by atoms with Crippen molar-refractivity contribution < 1.29 is 24.3 Å². The summed E-state index contributed by atoms with van der Waals surface area (Å²) in [4.78, 5) is 43.1. The van der Waals surface area contributed by atoms with Crippen LogP contribution in [-0.2, 0) is 19.2 Å². The lowest BCUT2D eigenvalue weighted by molar-refractivity contribution is -0.206. The molecule has 8 heteroatoms. The minimum Gasteiger partial charge on any atom is -0.393 e. The molecule has 0 aromatic carbocycles. The van der Waals surface area contributed by atoms with Crippen molar-refractivity contribution in [1.82, 2.24) is 9.96 Å². The van der Waals surface area contributed by atoms with Gasteiger partial charge in [0.25, 0.3) is 11.8 Å². The Balaban J connectivity index is 2.15. The third-order valence-electron chi connectivity index (χ3n) is 4.34. The van der Waals surface area contributed by atoms with Crippen molar-refractivity contribution >= 4 is 17.7 Å². The van der Waals surface area contributed by atoms with Crippen molar-refractivity contribution in [2.45, 2.75) is 44.8 Å². The normalized spacial score (nSPS) is 26.3. The van der Waals surface area contributed by atoms with Crippen LogP contribution >= 0.6 is 0 Å². The lowest BCUT2D eigenvalue weighted by Crippen LogP contribution is -2.54. The average Bonchev–Trinajstić information content (AvgIpc) is 3.02. The van der Waals surface area contributed by atoms with Gasteiger partial charge in [-0.2, -0.15) is 0 Å². The molecule has 3 N–H and O–H groups in total. The first-order valence-electron chi connectivity index (χ1n) is 7.54. The number of nitrogens with zero attached hydrogens (tertiary/aromatic N) is 2. The molecular formula is C14H23N3O5. The van der Waals surface area contributed by atoms with Crippen LogP contribution in [0.25, 0.3) is 0 Å². The molecule has 22 heavy (non-hydrogen) atoms. The van der Waals surface area contributed by atoms with Gasteiger partial charge in [0, 0.05) is 12.5 Å². The number of carbonyl (C=O) groups excluding carboxylic acids is 3. The van der Waals surface area contributed by atoms with Gasteiger partial charge in [0.15, 0.2) is 6.10 Å². The number of aliphatic hydroxyl groups is 1. The predicted molar refractivity (Wildman–Crippen MR) is 76.0 cm³/mol. The molecule has 0 aromatic heterocycles. The molecular weight excluding hydrogens is 290 g/mol. The standard InChI is InChI=1S/C14H23N3O5/c1-9(2)12(20)16-6-3-4-14(16)5-7-17(13(14)21)22-10(8-18)11(15)19/h9-10,18H,3-8H2,1-2H3,(H2,15,19). The fraction of sp³-hybridized carbons (Fsp3) is 0.786. The van der Waals surface area contributed by atoms with Gasteiger partial charge in [0.1, 0.15) is 5.54 Å². The Bertz CT molecular complexity index is 481. The van der Waals surface area contributed by atoms with Crippen LogP contribution in [0.5, 0.6) is 0 Å². The molecule has 124 valence electrons. The highest BCUT2D eigenvalue weighted by atomic mass is 16.7. The van der Waals surface area contributed by atoms with Gasteiger partial charge in [0.05, 0.1) is 13.2 Å². The third kappa shape index (κ3) is 2.68. The van der Waals surface area contributed by atoms with Crippen LogP contribution in [0.2, 0.25) is 0 Å². The van der Waals surface area contributed by atoms with Gasteiger partial charge in [-0.25, -0.2) is 5.06 Å². The van der Waals surface area contributed by atoms with Crippen molar-refractivity contribution in [2.75, 3.05) is 19.7 Å². The number of likely N-dealkylation sites (tertiary alicyclic amines) is 1. The molecule has 2 fully saturated rings. The van der Waals surface area contributed by atoms with Crippen LogP contribution in [0.3, 0.4) is 0 Å². The second-order valence-electron chi connectivity index (χ2n) is 6.12. The molecule has 0 bridgehead atoms. The Morgan fingerprint density at radius 3 is 2.59 bits per heavy atom. The molecule has 2 unspecified atom stereocenters. The molecule has 0 aliphatic carbocycles. The second kappa shape index (κ2) is 6.21. The Morgan fingerprint density at radius 2 is 2.05 bits per heavy atom.